The Kier molecular flexibility index (Phi) is 3.85. The van der Waals surface area contributed by atoms with Crippen molar-refractivity contribution in [3.05, 3.63) is 30.1 Å². The summed E-state index contributed by atoms with van der Waals surface area (Å²) in [6.45, 7) is 5.54. The van der Waals surface area contributed by atoms with Crippen molar-refractivity contribution in [1.29, 1.82) is 0 Å². The van der Waals surface area contributed by atoms with E-state index in [0.29, 0.717) is 0 Å². The van der Waals surface area contributed by atoms with E-state index >= 15 is 0 Å². The molecule has 0 bridgehead atoms. The third-order valence-corrected chi connectivity index (χ3v) is 2.38. The number of pyridine rings is 1. The third-order valence-electron chi connectivity index (χ3n) is 2.02. The SMILES string of the molecule is C[C@@H](NC(=O)C(C)(C)Br)c1ccccn1. The quantitative estimate of drug-likeness (QED) is 0.858. The van der Waals surface area contributed by atoms with Crippen LogP contribution < -0.4 is 5.32 Å². The minimum Gasteiger partial charge on any atom is -0.347 e. The van der Waals surface area contributed by atoms with Crippen LogP contribution in [0.5, 0.6) is 0 Å². The normalized spacial score (nSPS) is 13.3. The van der Waals surface area contributed by atoms with Crippen molar-refractivity contribution in [2.75, 3.05) is 0 Å². The number of carbonyl (C=O) groups excluding carboxylic acids is 1. The molecule has 1 amide bonds. The number of alkyl halides is 1. The number of amides is 1. The lowest BCUT2D eigenvalue weighted by atomic mass is 10.1. The van der Waals surface area contributed by atoms with Crippen LogP contribution >= 0.6 is 15.9 Å². The molecular formula is C11H15BrN2O. The Labute approximate surface area is 98.4 Å². The molecule has 1 N–H and O–H groups in total. The molecule has 1 aromatic heterocycles. The topological polar surface area (TPSA) is 42.0 Å². The van der Waals surface area contributed by atoms with E-state index in [4.69, 9.17) is 0 Å². The highest BCUT2D eigenvalue weighted by molar-refractivity contribution is 9.10. The highest BCUT2D eigenvalue weighted by atomic mass is 79.9. The van der Waals surface area contributed by atoms with E-state index in [2.05, 4.69) is 26.2 Å². The fraction of sp³-hybridized carbons (Fsp3) is 0.455. The average Bonchev–Trinajstić information content (AvgIpc) is 2.17. The van der Waals surface area contributed by atoms with Crippen LogP contribution in [0.25, 0.3) is 0 Å². The monoisotopic (exact) mass is 270 g/mol. The molecule has 1 atom stereocenters. The highest BCUT2D eigenvalue weighted by Gasteiger charge is 2.25. The lowest BCUT2D eigenvalue weighted by Crippen LogP contribution is -2.39. The molecule has 3 nitrogen and oxygen atoms in total. The highest BCUT2D eigenvalue weighted by Crippen LogP contribution is 2.18. The standard InChI is InChI=1S/C11H15BrN2O/c1-8(9-6-4-5-7-13-9)14-10(15)11(2,3)12/h4-8H,1-3H3,(H,14,15)/t8-/m1/s1. The van der Waals surface area contributed by atoms with Gasteiger partial charge in [-0.25, -0.2) is 0 Å². The van der Waals surface area contributed by atoms with Crippen molar-refractivity contribution in [2.24, 2.45) is 0 Å². The zero-order chi connectivity index (χ0) is 11.5. The van der Waals surface area contributed by atoms with Gasteiger partial charge in [0, 0.05) is 6.20 Å². The second kappa shape index (κ2) is 4.75. The van der Waals surface area contributed by atoms with Gasteiger partial charge in [0.15, 0.2) is 0 Å². The lowest BCUT2D eigenvalue weighted by Gasteiger charge is -2.20. The maximum atomic E-state index is 11.7. The Hall–Kier alpha value is -0.900. The van der Waals surface area contributed by atoms with Crippen LogP contribution in [0.1, 0.15) is 32.5 Å². The van der Waals surface area contributed by atoms with Crippen LogP contribution in [-0.2, 0) is 4.79 Å². The first kappa shape index (κ1) is 12.2. The molecule has 0 saturated carbocycles. The maximum absolute atomic E-state index is 11.7. The van der Waals surface area contributed by atoms with Gasteiger partial charge in [-0.1, -0.05) is 22.0 Å². The Morgan fingerprint density at radius 3 is 2.67 bits per heavy atom. The molecule has 0 unspecified atom stereocenters. The van der Waals surface area contributed by atoms with Gasteiger partial charge in [0.05, 0.1) is 16.1 Å². The molecular weight excluding hydrogens is 256 g/mol. The van der Waals surface area contributed by atoms with E-state index in [9.17, 15) is 4.79 Å². The fourth-order valence-electron chi connectivity index (χ4n) is 1.07. The smallest absolute Gasteiger partial charge is 0.236 e. The third kappa shape index (κ3) is 3.63. The number of hydrogen-bond donors (Lipinski definition) is 1. The van der Waals surface area contributed by atoms with Crippen molar-refractivity contribution in [3.63, 3.8) is 0 Å². The largest absolute Gasteiger partial charge is 0.347 e. The Morgan fingerprint density at radius 1 is 1.53 bits per heavy atom. The predicted octanol–water partition coefficient (Wildman–Crippen LogP) is 2.43. The van der Waals surface area contributed by atoms with Crippen LogP contribution in [0.3, 0.4) is 0 Å². The molecule has 0 saturated heterocycles. The number of halogens is 1. The molecule has 0 aliphatic heterocycles. The van der Waals surface area contributed by atoms with Crippen LogP contribution in [-0.4, -0.2) is 15.2 Å². The molecule has 0 radical (unpaired) electrons. The average molecular weight is 271 g/mol. The Morgan fingerprint density at radius 2 is 2.20 bits per heavy atom. The van der Waals surface area contributed by atoms with Crippen molar-refractivity contribution in [2.45, 2.75) is 31.1 Å². The molecule has 82 valence electrons. The summed E-state index contributed by atoms with van der Waals surface area (Å²) in [5, 5.41) is 2.89. The van der Waals surface area contributed by atoms with E-state index in [1.54, 1.807) is 6.20 Å². The molecule has 15 heavy (non-hydrogen) atoms. The minimum atomic E-state index is -0.546. The van der Waals surface area contributed by atoms with Crippen LogP contribution in [0.2, 0.25) is 0 Å². The zero-order valence-corrected chi connectivity index (χ0v) is 10.7. The first-order valence-electron chi connectivity index (χ1n) is 4.82. The summed E-state index contributed by atoms with van der Waals surface area (Å²) in [5.41, 5.74) is 0.864. The zero-order valence-electron chi connectivity index (χ0n) is 9.12. The van der Waals surface area contributed by atoms with Crippen molar-refractivity contribution < 1.29 is 4.79 Å². The number of nitrogens with one attached hydrogen (secondary N) is 1. The van der Waals surface area contributed by atoms with Gasteiger partial charge in [0.1, 0.15) is 0 Å². The first-order chi connectivity index (χ1) is 6.91. The molecule has 0 fully saturated rings. The number of rotatable bonds is 3. The molecule has 0 spiro atoms. The van der Waals surface area contributed by atoms with E-state index in [-0.39, 0.29) is 11.9 Å². The predicted molar refractivity (Wildman–Crippen MR) is 63.8 cm³/mol. The number of nitrogens with zero attached hydrogens (tertiary/aromatic N) is 1. The van der Waals surface area contributed by atoms with E-state index in [1.807, 2.05) is 39.0 Å². The van der Waals surface area contributed by atoms with Crippen LogP contribution in [0, 0.1) is 0 Å². The van der Waals surface area contributed by atoms with E-state index < -0.39 is 4.32 Å². The van der Waals surface area contributed by atoms with Crippen molar-refractivity contribution in [3.8, 4) is 0 Å². The molecule has 1 rings (SSSR count). The second-order valence-corrected chi connectivity index (χ2v) is 5.90. The van der Waals surface area contributed by atoms with E-state index in [1.165, 1.54) is 0 Å². The van der Waals surface area contributed by atoms with Gasteiger partial charge in [-0.2, -0.15) is 0 Å². The summed E-state index contributed by atoms with van der Waals surface area (Å²) in [7, 11) is 0. The van der Waals surface area contributed by atoms with E-state index in [0.717, 1.165) is 5.69 Å². The van der Waals surface area contributed by atoms with Crippen LogP contribution in [0.4, 0.5) is 0 Å². The lowest BCUT2D eigenvalue weighted by molar-refractivity contribution is -0.123. The summed E-state index contributed by atoms with van der Waals surface area (Å²) in [5.74, 6) is -0.0411. The minimum absolute atomic E-state index is 0.0411. The van der Waals surface area contributed by atoms with Gasteiger partial charge in [-0.05, 0) is 32.9 Å². The van der Waals surface area contributed by atoms with Crippen molar-refractivity contribution >= 4 is 21.8 Å². The molecule has 1 aromatic rings. The second-order valence-electron chi connectivity index (χ2n) is 3.92. The molecule has 1 heterocycles. The summed E-state index contributed by atoms with van der Waals surface area (Å²) >= 11 is 3.31. The van der Waals surface area contributed by atoms with Gasteiger partial charge >= 0.3 is 0 Å². The summed E-state index contributed by atoms with van der Waals surface area (Å²) in [6, 6.07) is 5.58. The molecule has 4 heteroatoms. The van der Waals surface area contributed by atoms with Gasteiger partial charge in [-0.3, -0.25) is 9.78 Å². The first-order valence-corrected chi connectivity index (χ1v) is 5.61. The molecule has 0 aliphatic carbocycles. The molecule has 0 aromatic carbocycles. The fourth-order valence-corrected chi connectivity index (χ4v) is 1.19. The van der Waals surface area contributed by atoms with Gasteiger partial charge in [0.2, 0.25) is 5.91 Å². The summed E-state index contributed by atoms with van der Waals surface area (Å²) < 4.78 is -0.546. The summed E-state index contributed by atoms with van der Waals surface area (Å²) in [6.07, 6.45) is 1.72. The number of aromatic nitrogens is 1. The van der Waals surface area contributed by atoms with Crippen LogP contribution in [0.15, 0.2) is 24.4 Å². The number of hydrogen-bond acceptors (Lipinski definition) is 2. The van der Waals surface area contributed by atoms with Gasteiger partial charge < -0.3 is 5.32 Å². The van der Waals surface area contributed by atoms with Crippen molar-refractivity contribution in [1.82, 2.24) is 10.3 Å². The Bertz CT molecular complexity index is 332. The molecule has 0 aliphatic rings. The van der Waals surface area contributed by atoms with Gasteiger partial charge in [-0.15, -0.1) is 0 Å². The Balaban J connectivity index is 2.65. The number of carbonyl (C=O) groups is 1. The maximum Gasteiger partial charge on any atom is 0.236 e. The van der Waals surface area contributed by atoms with Gasteiger partial charge in [0.25, 0.3) is 0 Å². The summed E-state index contributed by atoms with van der Waals surface area (Å²) in [4.78, 5) is 15.8.